The molecule has 5 heteroatoms. The van der Waals surface area contributed by atoms with E-state index in [2.05, 4.69) is 17.6 Å². The maximum atomic E-state index is 11.5. The summed E-state index contributed by atoms with van der Waals surface area (Å²) in [7, 11) is 0. The van der Waals surface area contributed by atoms with E-state index < -0.39 is 11.4 Å². The Morgan fingerprint density at radius 3 is 2.12 bits per heavy atom. The van der Waals surface area contributed by atoms with Gasteiger partial charge in [-0.25, -0.2) is 4.79 Å². The third kappa shape index (κ3) is 2.70. The van der Waals surface area contributed by atoms with E-state index >= 15 is 0 Å². The van der Waals surface area contributed by atoms with Crippen LogP contribution in [-0.2, 0) is 4.79 Å². The van der Waals surface area contributed by atoms with E-state index in [4.69, 9.17) is 5.11 Å². The van der Waals surface area contributed by atoms with E-state index in [0.717, 1.165) is 6.42 Å². The molecule has 0 atom stereocenters. The molecule has 0 aromatic carbocycles. The van der Waals surface area contributed by atoms with Crippen LogP contribution < -0.4 is 10.6 Å². The first-order valence-corrected chi connectivity index (χ1v) is 6.27. The molecule has 17 heavy (non-hydrogen) atoms. The molecule has 0 bridgehead atoms. The number of hydrogen-bond acceptors (Lipinski definition) is 2. The molecule has 0 radical (unpaired) electrons. The summed E-state index contributed by atoms with van der Waals surface area (Å²) in [6.07, 6.45) is 4.79. The number of rotatable bonds is 6. The topological polar surface area (TPSA) is 78.4 Å². The molecule has 0 unspecified atom stereocenters. The Labute approximate surface area is 101 Å². The molecule has 0 aromatic rings. The van der Waals surface area contributed by atoms with E-state index in [1.165, 1.54) is 12.8 Å². The molecule has 2 fully saturated rings. The summed E-state index contributed by atoms with van der Waals surface area (Å²) in [5.74, 6) is -0.801. The molecule has 2 rings (SSSR count). The van der Waals surface area contributed by atoms with Crippen LogP contribution in [0.4, 0.5) is 4.79 Å². The maximum absolute atomic E-state index is 11.5. The van der Waals surface area contributed by atoms with Crippen molar-refractivity contribution in [1.82, 2.24) is 10.6 Å². The highest BCUT2D eigenvalue weighted by Crippen LogP contribution is 2.48. The average molecular weight is 240 g/mol. The Morgan fingerprint density at radius 1 is 1.12 bits per heavy atom. The number of aliphatic carboxylic acids is 1. The predicted octanol–water partition coefficient (Wildman–Crippen LogP) is 1.34. The van der Waals surface area contributed by atoms with Gasteiger partial charge >= 0.3 is 12.0 Å². The van der Waals surface area contributed by atoms with Gasteiger partial charge in [0, 0.05) is 13.1 Å². The van der Waals surface area contributed by atoms with Gasteiger partial charge in [-0.3, -0.25) is 4.79 Å². The molecule has 0 aromatic heterocycles. The summed E-state index contributed by atoms with van der Waals surface area (Å²) in [6.45, 7) is 3.08. The molecule has 0 heterocycles. The molecule has 2 aliphatic rings. The number of amides is 2. The molecule has 0 saturated heterocycles. The first-order chi connectivity index (χ1) is 8.02. The largest absolute Gasteiger partial charge is 0.481 e. The zero-order valence-corrected chi connectivity index (χ0v) is 10.2. The number of carboxylic acid groups (broad SMARTS) is 1. The zero-order chi connectivity index (χ0) is 12.5. The molecule has 0 spiro atoms. The van der Waals surface area contributed by atoms with Crippen LogP contribution >= 0.6 is 0 Å². The van der Waals surface area contributed by atoms with Crippen LogP contribution in [0.3, 0.4) is 0 Å². The van der Waals surface area contributed by atoms with Crippen LogP contribution in [0.25, 0.3) is 0 Å². The summed E-state index contributed by atoms with van der Waals surface area (Å²) in [6, 6.07) is -0.239. The molecular formula is C12H20N2O3. The van der Waals surface area contributed by atoms with Crippen molar-refractivity contribution in [2.45, 2.75) is 39.0 Å². The second-order valence-corrected chi connectivity index (χ2v) is 5.48. The van der Waals surface area contributed by atoms with Gasteiger partial charge in [0.25, 0.3) is 0 Å². The lowest BCUT2D eigenvalue weighted by molar-refractivity contribution is -0.143. The van der Waals surface area contributed by atoms with Crippen LogP contribution in [-0.4, -0.2) is 30.2 Å². The Balaban J connectivity index is 1.66. The van der Waals surface area contributed by atoms with Crippen molar-refractivity contribution in [2.75, 3.05) is 13.1 Å². The minimum atomic E-state index is -0.801. The van der Waals surface area contributed by atoms with Crippen LogP contribution in [0.15, 0.2) is 0 Å². The van der Waals surface area contributed by atoms with Gasteiger partial charge in [0.2, 0.25) is 0 Å². The van der Waals surface area contributed by atoms with Crippen molar-refractivity contribution < 1.29 is 14.7 Å². The minimum absolute atomic E-state index is 0.239. The number of carbonyl (C=O) groups excluding carboxylic acids is 1. The van der Waals surface area contributed by atoms with Crippen LogP contribution in [0.1, 0.15) is 39.0 Å². The lowest BCUT2D eigenvalue weighted by atomic mass is 10.0. The van der Waals surface area contributed by atoms with Crippen LogP contribution in [0.5, 0.6) is 0 Å². The van der Waals surface area contributed by atoms with Crippen molar-refractivity contribution in [3.63, 3.8) is 0 Å². The normalized spacial score (nSPS) is 22.6. The Hall–Kier alpha value is -1.26. The van der Waals surface area contributed by atoms with Gasteiger partial charge in [-0.15, -0.1) is 0 Å². The average Bonchev–Trinajstić information content (AvgIpc) is 3.19. The third-order valence-corrected chi connectivity index (χ3v) is 4.23. The molecule has 2 amide bonds. The Kier molecular flexibility index (Phi) is 3.02. The Morgan fingerprint density at radius 2 is 1.71 bits per heavy atom. The van der Waals surface area contributed by atoms with Crippen molar-refractivity contribution in [1.29, 1.82) is 0 Å². The predicted molar refractivity (Wildman–Crippen MR) is 62.7 cm³/mol. The van der Waals surface area contributed by atoms with Gasteiger partial charge in [0.15, 0.2) is 0 Å². The van der Waals surface area contributed by atoms with E-state index in [-0.39, 0.29) is 12.6 Å². The number of carbonyl (C=O) groups is 2. The molecule has 0 aliphatic heterocycles. The van der Waals surface area contributed by atoms with Crippen LogP contribution in [0, 0.1) is 10.8 Å². The smallest absolute Gasteiger partial charge is 0.314 e. The SMILES string of the molecule is CCC1(CNC(=O)NCC2(C(=O)O)CC2)CC1. The van der Waals surface area contributed by atoms with E-state index in [9.17, 15) is 9.59 Å². The number of nitrogens with one attached hydrogen (secondary N) is 2. The number of carboxylic acids is 1. The summed E-state index contributed by atoms with van der Waals surface area (Å²) in [5, 5.41) is 14.4. The maximum Gasteiger partial charge on any atom is 0.314 e. The lowest BCUT2D eigenvalue weighted by Gasteiger charge is -2.15. The standard InChI is InChI=1S/C12H20N2O3/c1-2-11(3-4-11)7-13-10(17)14-8-12(5-6-12)9(15)16/h2-8H2,1H3,(H,15,16)(H2,13,14,17). The highest BCUT2D eigenvalue weighted by atomic mass is 16.4. The van der Waals surface area contributed by atoms with E-state index in [0.29, 0.717) is 24.8 Å². The van der Waals surface area contributed by atoms with E-state index in [1.807, 2.05) is 0 Å². The van der Waals surface area contributed by atoms with Gasteiger partial charge in [-0.2, -0.15) is 0 Å². The molecule has 5 nitrogen and oxygen atoms in total. The number of urea groups is 1. The summed E-state index contributed by atoms with van der Waals surface area (Å²) in [5.41, 5.74) is -0.360. The molecule has 96 valence electrons. The fourth-order valence-corrected chi connectivity index (χ4v) is 2.03. The van der Waals surface area contributed by atoms with Crippen LogP contribution in [0.2, 0.25) is 0 Å². The fourth-order valence-electron chi connectivity index (χ4n) is 2.03. The third-order valence-electron chi connectivity index (χ3n) is 4.23. The number of hydrogen-bond donors (Lipinski definition) is 3. The van der Waals surface area contributed by atoms with Crippen molar-refractivity contribution in [3.8, 4) is 0 Å². The first-order valence-electron chi connectivity index (χ1n) is 6.27. The molecule has 2 saturated carbocycles. The van der Waals surface area contributed by atoms with Crippen molar-refractivity contribution in [2.24, 2.45) is 10.8 Å². The molecular weight excluding hydrogens is 220 g/mol. The van der Waals surface area contributed by atoms with Gasteiger partial charge in [-0.1, -0.05) is 6.92 Å². The Bertz CT molecular complexity index is 333. The second-order valence-electron chi connectivity index (χ2n) is 5.48. The summed E-state index contributed by atoms with van der Waals surface area (Å²) in [4.78, 5) is 22.4. The highest BCUT2D eigenvalue weighted by Gasteiger charge is 2.50. The van der Waals surface area contributed by atoms with E-state index in [1.54, 1.807) is 0 Å². The zero-order valence-electron chi connectivity index (χ0n) is 10.2. The summed E-state index contributed by atoms with van der Waals surface area (Å²) < 4.78 is 0. The van der Waals surface area contributed by atoms with Gasteiger partial charge < -0.3 is 15.7 Å². The van der Waals surface area contributed by atoms with Gasteiger partial charge in [0.1, 0.15) is 0 Å². The quantitative estimate of drug-likeness (QED) is 0.655. The molecule has 3 N–H and O–H groups in total. The van der Waals surface area contributed by atoms with Gasteiger partial charge in [-0.05, 0) is 37.5 Å². The highest BCUT2D eigenvalue weighted by molar-refractivity contribution is 5.80. The van der Waals surface area contributed by atoms with Gasteiger partial charge in [0.05, 0.1) is 5.41 Å². The fraction of sp³-hybridized carbons (Fsp3) is 0.833. The lowest BCUT2D eigenvalue weighted by Crippen LogP contribution is -2.42. The minimum Gasteiger partial charge on any atom is -0.481 e. The van der Waals surface area contributed by atoms with Crippen molar-refractivity contribution in [3.05, 3.63) is 0 Å². The monoisotopic (exact) mass is 240 g/mol. The summed E-state index contributed by atoms with van der Waals surface area (Å²) >= 11 is 0. The molecule has 2 aliphatic carbocycles. The first kappa shape index (κ1) is 12.2. The second kappa shape index (κ2) is 4.20. The van der Waals surface area contributed by atoms with Crippen molar-refractivity contribution >= 4 is 12.0 Å².